The summed E-state index contributed by atoms with van der Waals surface area (Å²) < 4.78 is 16.4. The summed E-state index contributed by atoms with van der Waals surface area (Å²) in [6, 6.07) is 0.0931. The predicted octanol–water partition coefficient (Wildman–Crippen LogP) is -0.232. The number of carbonyl (C=O) groups is 1. The number of aliphatic hydroxyl groups excluding tert-OH is 1. The number of nitrogens with one attached hydrogen (secondary N) is 1. The Labute approximate surface area is 143 Å². The van der Waals surface area contributed by atoms with Gasteiger partial charge in [-0.3, -0.25) is 9.69 Å². The summed E-state index contributed by atoms with van der Waals surface area (Å²) in [5.41, 5.74) is 0. The van der Waals surface area contributed by atoms with Gasteiger partial charge in [-0.15, -0.1) is 0 Å². The first kappa shape index (κ1) is 18.1. The molecule has 3 rings (SSSR count). The molecule has 3 aliphatic rings. The lowest BCUT2D eigenvalue weighted by Gasteiger charge is -2.28. The average Bonchev–Trinajstić information content (AvgIpc) is 3.18. The van der Waals surface area contributed by atoms with Crippen LogP contribution in [0.1, 0.15) is 25.7 Å². The molecular weight excluding hydrogens is 312 g/mol. The molecule has 0 radical (unpaired) electrons. The van der Waals surface area contributed by atoms with Gasteiger partial charge in [0, 0.05) is 38.8 Å². The molecule has 138 valence electrons. The molecule has 3 aliphatic heterocycles. The maximum absolute atomic E-state index is 12.3. The van der Waals surface area contributed by atoms with Crippen LogP contribution < -0.4 is 5.32 Å². The fraction of sp³-hybridized carbons (Fsp3) is 0.941. The summed E-state index contributed by atoms with van der Waals surface area (Å²) in [5, 5.41) is 13.5. The van der Waals surface area contributed by atoms with Crippen molar-refractivity contribution < 1.29 is 24.1 Å². The van der Waals surface area contributed by atoms with Crippen molar-refractivity contribution in [3.63, 3.8) is 0 Å². The molecule has 0 aromatic rings. The first-order valence-corrected chi connectivity index (χ1v) is 9.10. The maximum Gasteiger partial charge on any atom is 0.223 e. The molecule has 3 fully saturated rings. The number of carbonyl (C=O) groups excluding carboxylic acids is 1. The monoisotopic (exact) mass is 342 g/mol. The zero-order chi connectivity index (χ0) is 16.9. The van der Waals surface area contributed by atoms with Crippen molar-refractivity contribution in [3.05, 3.63) is 0 Å². The predicted molar refractivity (Wildman–Crippen MR) is 87.7 cm³/mol. The topological polar surface area (TPSA) is 80.3 Å². The minimum atomic E-state index is -0.655. The van der Waals surface area contributed by atoms with Gasteiger partial charge in [-0.1, -0.05) is 0 Å². The molecule has 0 aromatic heterocycles. The van der Waals surface area contributed by atoms with Gasteiger partial charge in [0.15, 0.2) is 0 Å². The van der Waals surface area contributed by atoms with Crippen molar-refractivity contribution in [2.75, 3.05) is 46.6 Å². The van der Waals surface area contributed by atoms with Gasteiger partial charge in [-0.25, -0.2) is 0 Å². The van der Waals surface area contributed by atoms with Crippen molar-refractivity contribution >= 4 is 5.91 Å². The van der Waals surface area contributed by atoms with Gasteiger partial charge in [0.05, 0.1) is 25.4 Å². The lowest BCUT2D eigenvalue weighted by Crippen LogP contribution is -2.49. The van der Waals surface area contributed by atoms with Crippen LogP contribution in [0.2, 0.25) is 0 Å². The van der Waals surface area contributed by atoms with E-state index < -0.39 is 6.10 Å². The van der Waals surface area contributed by atoms with Crippen LogP contribution in [0, 0.1) is 5.92 Å². The van der Waals surface area contributed by atoms with E-state index in [0.29, 0.717) is 39.0 Å². The van der Waals surface area contributed by atoms with Gasteiger partial charge >= 0.3 is 0 Å². The third kappa shape index (κ3) is 4.26. The largest absolute Gasteiger partial charge is 0.388 e. The van der Waals surface area contributed by atoms with E-state index in [1.54, 1.807) is 7.11 Å². The zero-order valence-electron chi connectivity index (χ0n) is 14.5. The fourth-order valence-electron chi connectivity index (χ4n) is 3.98. The lowest BCUT2D eigenvalue weighted by molar-refractivity contribution is -0.129. The SMILES string of the molecule is COC[C@H]1CCCN1C[C@@H]1OC[C@H](NC(=O)C2CCOCC2)[C@H]1O. The van der Waals surface area contributed by atoms with Crippen LogP contribution in [0.15, 0.2) is 0 Å². The fourth-order valence-corrected chi connectivity index (χ4v) is 3.98. The van der Waals surface area contributed by atoms with Crippen LogP contribution in [0.4, 0.5) is 0 Å². The smallest absolute Gasteiger partial charge is 0.223 e. The van der Waals surface area contributed by atoms with Crippen molar-refractivity contribution in [2.24, 2.45) is 5.92 Å². The van der Waals surface area contributed by atoms with Crippen molar-refractivity contribution in [2.45, 2.75) is 50.0 Å². The highest BCUT2D eigenvalue weighted by molar-refractivity contribution is 5.79. The number of rotatable bonds is 6. The molecule has 24 heavy (non-hydrogen) atoms. The molecule has 4 atom stereocenters. The molecule has 0 bridgehead atoms. The maximum atomic E-state index is 12.3. The van der Waals surface area contributed by atoms with Crippen LogP contribution >= 0.6 is 0 Å². The molecule has 1 amide bonds. The van der Waals surface area contributed by atoms with E-state index in [2.05, 4.69) is 10.2 Å². The van der Waals surface area contributed by atoms with Gasteiger partial charge in [-0.05, 0) is 32.2 Å². The van der Waals surface area contributed by atoms with Gasteiger partial charge < -0.3 is 24.6 Å². The summed E-state index contributed by atoms with van der Waals surface area (Å²) in [5.74, 6) is 0.0136. The second-order valence-corrected chi connectivity index (χ2v) is 7.11. The summed E-state index contributed by atoms with van der Waals surface area (Å²) in [7, 11) is 1.72. The van der Waals surface area contributed by atoms with Crippen LogP contribution in [0.25, 0.3) is 0 Å². The lowest BCUT2D eigenvalue weighted by atomic mass is 9.98. The molecule has 0 aliphatic carbocycles. The first-order valence-electron chi connectivity index (χ1n) is 9.10. The van der Waals surface area contributed by atoms with Crippen molar-refractivity contribution in [1.82, 2.24) is 10.2 Å². The van der Waals surface area contributed by atoms with Crippen LogP contribution in [0.3, 0.4) is 0 Å². The number of likely N-dealkylation sites (tertiary alicyclic amines) is 1. The Hall–Kier alpha value is -0.730. The standard InChI is InChI=1S/C17H30N2O5/c1-22-10-13-3-2-6-19(13)9-15-16(20)14(11-24-15)18-17(21)12-4-7-23-8-5-12/h12-16,20H,2-11H2,1H3,(H,18,21)/t13-,14+,15+,16-/m1/s1. The number of hydrogen-bond donors (Lipinski definition) is 2. The third-order valence-electron chi connectivity index (χ3n) is 5.48. The number of amides is 1. The number of aliphatic hydroxyl groups is 1. The van der Waals surface area contributed by atoms with E-state index in [0.717, 1.165) is 32.2 Å². The summed E-state index contributed by atoms with van der Waals surface area (Å²) in [4.78, 5) is 14.7. The molecule has 7 heteroatoms. The van der Waals surface area contributed by atoms with E-state index in [1.807, 2.05) is 0 Å². The highest BCUT2D eigenvalue weighted by Crippen LogP contribution is 2.23. The molecule has 0 saturated carbocycles. The molecule has 3 heterocycles. The van der Waals surface area contributed by atoms with E-state index in [-0.39, 0.29) is 24.0 Å². The Balaban J connectivity index is 1.47. The summed E-state index contributed by atoms with van der Waals surface area (Å²) in [6.07, 6.45) is 2.89. The average molecular weight is 342 g/mol. The van der Waals surface area contributed by atoms with Gasteiger partial charge in [0.1, 0.15) is 6.10 Å². The Bertz CT molecular complexity index is 416. The quantitative estimate of drug-likeness (QED) is 0.694. The Morgan fingerprint density at radius 1 is 1.33 bits per heavy atom. The Morgan fingerprint density at radius 2 is 2.12 bits per heavy atom. The van der Waals surface area contributed by atoms with Crippen LogP contribution in [-0.2, 0) is 19.0 Å². The highest BCUT2D eigenvalue weighted by atomic mass is 16.5. The molecule has 3 saturated heterocycles. The van der Waals surface area contributed by atoms with E-state index in [9.17, 15) is 9.90 Å². The minimum Gasteiger partial charge on any atom is -0.388 e. The minimum absolute atomic E-state index is 0.00494. The summed E-state index contributed by atoms with van der Waals surface area (Å²) in [6.45, 7) is 4.08. The number of nitrogens with zero attached hydrogens (tertiary/aromatic N) is 1. The molecule has 0 unspecified atom stereocenters. The Kier molecular flexibility index (Phi) is 6.46. The number of hydrogen-bond acceptors (Lipinski definition) is 6. The van der Waals surface area contributed by atoms with Gasteiger partial charge in [0.2, 0.25) is 5.91 Å². The van der Waals surface area contributed by atoms with E-state index in [1.165, 1.54) is 0 Å². The summed E-state index contributed by atoms with van der Waals surface area (Å²) >= 11 is 0. The van der Waals surface area contributed by atoms with Crippen molar-refractivity contribution in [1.29, 1.82) is 0 Å². The van der Waals surface area contributed by atoms with E-state index in [4.69, 9.17) is 14.2 Å². The van der Waals surface area contributed by atoms with Crippen LogP contribution in [-0.4, -0.2) is 86.8 Å². The third-order valence-corrected chi connectivity index (χ3v) is 5.48. The first-order chi connectivity index (χ1) is 11.7. The molecule has 2 N–H and O–H groups in total. The Morgan fingerprint density at radius 3 is 2.88 bits per heavy atom. The van der Waals surface area contributed by atoms with Crippen molar-refractivity contribution in [3.8, 4) is 0 Å². The zero-order valence-corrected chi connectivity index (χ0v) is 14.5. The second-order valence-electron chi connectivity index (χ2n) is 7.11. The van der Waals surface area contributed by atoms with Crippen LogP contribution in [0.5, 0.6) is 0 Å². The normalized spacial score (nSPS) is 35.4. The van der Waals surface area contributed by atoms with Gasteiger partial charge in [0.25, 0.3) is 0 Å². The highest BCUT2D eigenvalue weighted by Gasteiger charge is 2.40. The second kappa shape index (κ2) is 8.58. The number of methoxy groups -OCH3 is 1. The molecule has 7 nitrogen and oxygen atoms in total. The van der Waals surface area contributed by atoms with E-state index >= 15 is 0 Å². The molecule has 0 spiro atoms. The van der Waals surface area contributed by atoms with Gasteiger partial charge in [-0.2, -0.15) is 0 Å². The molecule has 0 aromatic carbocycles. The molecular formula is C17H30N2O5. The number of ether oxygens (including phenoxy) is 3.